The van der Waals surface area contributed by atoms with Gasteiger partial charge in [0.25, 0.3) is 5.56 Å². The van der Waals surface area contributed by atoms with Gasteiger partial charge in [-0.1, -0.05) is 41.5 Å². The van der Waals surface area contributed by atoms with Crippen LogP contribution in [0.3, 0.4) is 0 Å². The summed E-state index contributed by atoms with van der Waals surface area (Å²) in [4.78, 5) is 39.7. The van der Waals surface area contributed by atoms with E-state index in [1.165, 1.54) is 23.9 Å². The number of nitrogens with zero attached hydrogens (tertiary/aromatic N) is 1. The van der Waals surface area contributed by atoms with E-state index in [1.807, 2.05) is 0 Å². The lowest BCUT2D eigenvalue weighted by Gasteiger charge is -2.39. The van der Waals surface area contributed by atoms with Crippen molar-refractivity contribution in [2.45, 2.75) is 103 Å². The van der Waals surface area contributed by atoms with Crippen molar-refractivity contribution in [1.82, 2.24) is 9.55 Å². The number of aryl methyl sites for hydroxylation is 1. The number of rotatable bonds is 7. The molecule has 2 heterocycles. The molecule has 0 saturated carbocycles. The molecule has 1 fully saturated rings. The monoisotopic (exact) mass is 540 g/mol. The van der Waals surface area contributed by atoms with Crippen molar-refractivity contribution in [1.29, 1.82) is 0 Å². The van der Waals surface area contributed by atoms with Crippen LogP contribution in [-0.4, -0.2) is 58.1 Å². The molecule has 1 saturated heterocycles. The third kappa shape index (κ3) is 6.55. The lowest BCUT2D eigenvalue weighted by molar-refractivity contribution is -0.135. The summed E-state index contributed by atoms with van der Waals surface area (Å²) in [5.41, 5.74) is -0.142. The number of carbonyl (C=O) groups is 1. The largest absolute Gasteiger partial charge is 0.466 e. The first-order valence-corrected chi connectivity index (χ1v) is 18.1. The molecule has 0 aromatic carbocycles. The number of ether oxygens (including phenoxy) is 2. The normalized spacial score (nSPS) is 22.8. The average Bonchev–Trinajstić information content (AvgIpc) is 3.03. The predicted octanol–water partition coefficient (Wildman–Crippen LogP) is 4.25. The van der Waals surface area contributed by atoms with E-state index < -0.39 is 52.3 Å². The van der Waals surface area contributed by atoms with Gasteiger partial charge in [-0.2, -0.15) is 0 Å². The predicted molar refractivity (Wildman–Crippen MR) is 145 cm³/mol. The van der Waals surface area contributed by atoms with Crippen LogP contribution in [-0.2, 0) is 23.1 Å². The Kier molecular flexibility index (Phi) is 8.89. The highest BCUT2D eigenvalue weighted by atomic mass is 28.4. The molecule has 9 nitrogen and oxygen atoms in total. The Morgan fingerprint density at radius 1 is 1.08 bits per heavy atom. The van der Waals surface area contributed by atoms with Crippen LogP contribution in [0.5, 0.6) is 0 Å². The number of nitrogens with one attached hydrogen (secondary N) is 1. The molecule has 1 aromatic rings. The first-order valence-electron chi connectivity index (χ1n) is 12.3. The van der Waals surface area contributed by atoms with Crippen LogP contribution in [0.1, 0.15) is 53.3 Å². The Morgan fingerprint density at radius 3 is 2.14 bits per heavy atom. The standard InChI is InChI=1S/C25H44N2O7Si2/c1-16-14-27(23(30)26-21(16)29)22-20(34-36(11,12)25(5,6)7)17(13-19(28)31-8)18(33-22)15-32-35(9,10)24(2,3)4/h13-14,18,20,22H,15H2,1-12H3,(H,26,29,30). The zero-order valence-corrected chi connectivity index (χ0v) is 25.9. The Bertz CT molecular complexity index is 1110. The summed E-state index contributed by atoms with van der Waals surface area (Å²) >= 11 is 0. The average molecular weight is 541 g/mol. The van der Waals surface area contributed by atoms with Gasteiger partial charge in [0.15, 0.2) is 22.9 Å². The molecule has 0 spiro atoms. The maximum Gasteiger partial charge on any atom is 0.330 e. The van der Waals surface area contributed by atoms with Crippen molar-refractivity contribution in [3.63, 3.8) is 0 Å². The van der Waals surface area contributed by atoms with E-state index in [4.69, 9.17) is 18.3 Å². The SMILES string of the molecule is COC(=O)C=C1C(CO[Si](C)(C)C(C)(C)C)OC(n2cc(C)c(=O)[nH]c2=O)C1O[Si](C)(C)C(C)(C)C. The molecule has 3 unspecified atom stereocenters. The molecule has 1 aliphatic heterocycles. The fraction of sp³-hybridized carbons (Fsp3) is 0.720. The Labute approximate surface area is 216 Å². The molecule has 2 rings (SSSR count). The number of esters is 1. The van der Waals surface area contributed by atoms with Gasteiger partial charge in [-0.3, -0.25) is 14.3 Å². The van der Waals surface area contributed by atoms with E-state index in [0.717, 1.165) is 0 Å². The zero-order chi connectivity index (χ0) is 27.9. The minimum Gasteiger partial charge on any atom is -0.466 e. The van der Waals surface area contributed by atoms with Crippen molar-refractivity contribution in [2.24, 2.45) is 0 Å². The molecule has 0 amide bonds. The fourth-order valence-corrected chi connectivity index (χ4v) is 5.52. The number of H-pyrrole nitrogens is 1. The van der Waals surface area contributed by atoms with Crippen molar-refractivity contribution in [3.8, 4) is 0 Å². The minimum atomic E-state index is -2.40. The van der Waals surface area contributed by atoms with Crippen LogP contribution in [0, 0.1) is 6.92 Å². The third-order valence-electron chi connectivity index (χ3n) is 7.80. The summed E-state index contributed by atoms with van der Waals surface area (Å²) in [6.45, 7) is 23.1. The van der Waals surface area contributed by atoms with E-state index >= 15 is 0 Å². The van der Waals surface area contributed by atoms with Gasteiger partial charge in [0.05, 0.1) is 13.7 Å². The third-order valence-corrected chi connectivity index (χ3v) is 16.8. The van der Waals surface area contributed by atoms with E-state index in [0.29, 0.717) is 11.1 Å². The van der Waals surface area contributed by atoms with Gasteiger partial charge >= 0.3 is 11.7 Å². The van der Waals surface area contributed by atoms with E-state index in [2.05, 4.69) is 72.7 Å². The van der Waals surface area contributed by atoms with Crippen LogP contribution in [0.25, 0.3) is 0 Å². The van der Waals surface area contributed by atoms with Crippen LogP contribution in [0.4, 0.5) is 0 Å². The summed E-state index contributed by atoms with van der Waals surface area (Å²) in [6, 6.07) is 0. The second-order valence-electron chi connectivity index (χ2n) is 12.5. The number of aromatic nitrogens is 2. The summed E-state index contributed by atoms with van der Waals surface area (Å²) in [6.07, 6.45) is 0.575. The molecule has 11 heteroatoms. The lowest BCUT2D eigenvalue weighted by atomic mass is 10.1. The van der Waals surface area contributed by atoms with Gasteiger partial charge in [0, 0.05) is 17.8 Å². The van der Waals surface area contributed by atoms with Crippen LogP contribution in [0.15, 0.2) is 27.4 Å². The smallest absolute Gasteiger partial charge is 0.330 e. The van der Waals surface area contributed by atoms with E-state index in [-0.39, 0.29) is 16.7 Å². The number of hydrogen-bond acceptors (Lipinski definition) is 7. The molecular formula is C25H44N2O7Si2. The molecule has 1 aromatic heterocycles. The second-order valence-corrected chi connectivity index (χ2v) is 22.1. The molecule has 0 aliphatic carbocycles. The second kappa shape index (κ2) is 10.5. The lowest BCUT2D eigenvalue weighted by Crippen LogP contribution is -2.47. The van der Waals surface area contributed by atoms with Crippen LogP contribution < -0.4 is 11.2 Å². The van der Waals surface area contributed by atoms with Gasteiger partial charge in [0.1, 0.15) is 12.2 Å². The van der Waals surface area contributed by atoms with Crippen molar-refractivity contribution < 1.29 is 23.1 Å². The Balaban J connectivity index is 2.65. The first kappa shape index (κ1) is 30.4. The van der Waals surface area contributed by atoms with Crippen LogP contribution >= 0.6 is 0 Å². The summed E-state index contributed by atoms with van der Waals surface area (Å²) in [7, 11) is -3.24. The van der Waals surface area contributed by atoms with Gasteiger partial charge in [-0.15, -0.1) is 0 Å². The first-order chi connectivity index (χ1) is 16.2. The quantitative estimate of drug-likeness (QED) is 0.313. The topological polar surface area (TPSA) is 109 Å². The maximum atomic E-state index is 12.9. The van der Waals surface area contributed by atoms with Gasteiger partial charge in [-0.25, -0.2) is 9.59 Å². The van der Waals surface area contributed by atoms with E-state index in [9.17, 15) is 14.4 Å². The molecule has 0 radical (unpaired) electrons. The highest BCUT2D eigenvalue weighted by Crippen LogP contribution is 2.44. The van der Waals surface area contributed by atoms with Crippen molar-refractivity contribution in [3.05, 3.63) is 44.2 Å². The van der Waals surface area contributed by atoms with Crippen molar-refractivity contribution >= 4 is 22.6 Å². The molecule has 0 bridgehead atoms. The highest BCUT2D eigenvalue weighted by Gasteiger charge is 2.49. The van der Waals surface area contributed by atoms with Gasteiger partial charge < -0.3 is 18.3 Å². The molecule has 1 N–H and O–H groups in total. The summed E-state index contributed by atoms with van der Waals surface area (Å²) in [5.74, 6) is -0.541. The minimum absolute atomic E-state index is 0.0265. The van der Waals surface area contributed by atoms with Crippen molar-refractivity contribution in [2.75, 3.05) is 13.7 Å². The molecular weight excluding hydrogens is 496 g/mol. The van der Waals surface area contributed by atoms with Gasteiger partial charge in [-0.05, 0) is 48.8 Å². The molecule has 36 heavy (non-hydrogen) atoms. The number of methoxy groups -OCH3 is 1. The molecule has 3 atom stereocenters. The van der Waals surface area contributed by atoms with Crippen LogP contribution in [0.2, 0.25) is 36.3 Å². The highest BCUT2D eigenvalue weighted by molar-refractivity contribution is 6.74. The maximum absolute atomic E-state index is 12.9. The number of carbonyl (C=O) groups excluding carboxylic acids is 1. The Morgan fingerprint density at radius 2 is 1.64 bits per heavy atom. The fourth-order valence-electron chi connectivity index (χ4n) is 3.28. The molecule has 1 aliphatic rings. The number of hydrogen-bond donors (Lipinski definition) is 1. The van der Waals surface area contributed by atoms with E-state index in [1.54, 1.807) is 6.92 Å². The summed E-state index contributed by atoms with van der Waals surface area (Å²) < 4.78 is 25.9. The number of aromatic amines is 1. The molecule has 204 valence electrons. The zero-order valence-electron chi connectivity index (χ0n) is 23.9. The Hall–Kier alpha value is -1.80. The summed E-state index contributed by atoms with van der Waals surface area (Å²) in [5, 5.41) is -0.170. The van der Waals surface area contributed by atoms with Gasteiger partial charge in [0.2, 0.25) is 0 Å².